The van der Waals surface area contributed by atoms with E-state index in [1.807, 2.05) is 6.07 Å². The van der Waals surface area contributed by atoms with Crippen LogP contribution in [0.2, 0.25) is 5.02 Å². The van der Waals surface area contributed by atoms with Crippen LogP contribution in [0.15, 0.2) is 16.7 Å². The van der Waals surface area contributed by atoms with Crippen molar-refractivity contribution >= 4 is 33.3 Å². The van der Waals surface area contributed by atoms with E-state index in [1.165, 1.54) is 0 Å². The van der Waals surface area contributed by atoms with Crippen molar-refractivity contribution in [1.29, 1.82) is 0 Å². The van der Waals surface area contributed by atoms with Crippen molar-refractivity contribution in [1.82, 2.24) is 4.98 Å². The summed E-state index contributed by atoms with van der Waals surface area (Å²) in [6.07, 6.45) is 2.20. The summed E-state index contributed by atoms with van der Waals surface area (Å²) in [6, 6.07) is 1.87. The highest BCUT2D eigenvalue weighted by atomic mass is 79.9. The highest BCUT2D eigenvalue weighted by Crippen LogP contribution is 2.28. The van der Waals surface area contributed by atoms with E-state index in [0.29, 0.717) is 5.02 Å². The van der Waals surface area contributed by atoms with E-state index in [1.54, 1.807) is 6.20 Å². The number of aromatic nitrogens is 1. The largest absolute Gasteiger partial charge is 0.372 e. The van der Waals surface area contributed by atoms with Gasteiger partial charge in [0.25, 0.3) is 0 Å². The van der Waals surface area contributed by atoms with Gasteiger partial charge in [-0.25, -0.2) is 4.98 Å². The molecule has 0 radical (unpaired) electrons. The van der Waals surface area contributed by atoms with Crippen LogP contribution >= 0.6 is 27.5 Å². The number of anilines is 1. The van der Waals surface area contributed by atoms with Gasteiger partial charge in [-0.05, 0) is 35.8 Å². The van der Waals surface area contributed by atoms with E-state index in [2.05, 4.69) is 39.7 Å². The van der Waals surface area contributed by atoms with Gasteiger partial charge in [0, 0.05) is 23.8 Å². The number of hydrogen-bond donors (Lipinski definition) is 0. The van der Waals surface area contributed by atoms with Crippen LogP contribution in [0.4, 0.5) is 5.82 Å². The Hall–Kier alpha value is -0.320. The van der Waals surface area contributed by atoms with Crippen molar-refractivity contribution in [3.8, 4) is 0 Å². The van der Waals surface area contributed by atoms with Gasteiger partial charge in [-0.15, -0.1) is 0 Å². The summed E-state index contributed by atoms with van der Waals surface area (Å²) in [5.41, 5.74) is 0. The zero-order valence-corrected chi connectivity index (χ0v) is 11.6. The van der Waals surface area contributed by atoms with E-state index in [9.17, 15) is 0 Å². The molecule has 88 valence electrons. The predicted octanol–water partition coefficient (Wildman–Crippen LogP) is 3.11. The van der Waals surface area contributed by atoms with Gasteiger partial charge in [-0.2, -0.15) is 0 Å². The van der Waals surface area contributed by atoms with Crippen molar-refractivity contribution in [3.05, 3.63) is 21.8 Å². The molecular weight excluding hydrogens is 291 g/mol. The molecule has 1 aromatic rings. The molecule has 2 rings (SSSR count). The van der Waals surface area contributed by atoms with Crippen LogP contribution < -0.4 is 4.90 Å². The molecular formula is C11H14BrClN2O. The summed E-state index contributed by atoms with van der Waals surface area (Å²) in [4.78, 5) is 6.54. The number of nitrogens with zero attached hydrogens (tertiary/aromatic N) is 2. The Kier molecular flexibility index (Phi) is 3.72. The lowest BCUT2D eigenvalue weighted by Gasteiger charge is -2.36. The first-order valence-corrected chi connectivity index (χ1v) is 6.45. The van der Waals surface area contributed by atoms with E-state index in [-0.39, 0.29) is 12.2 Å². The molecule has 2 unspecified atom stereocenters. The third-order valence-electron chi connectivity index (χ3n) is 2.51. The minimum atomic E-state index is 0.213. The molecule has 2 heterocycles. The van der Waals surface area contributed by atoms with Gasteiger partial charge in [0.1, 0.15) is 5.82 Å². The molecule has 0 bridgehead atoms. The Balaban J connectivity index is 2.23. The minimum absolute atomic E-state index is 0.213. The molecule has 16 heavy (non-hydrogen) atoms. The number of morpholine rings is 1. The van der Waals surface area contributed by atoms with Crippen LogP contribution in [0, 0.1) is 0 Å². The molecule has 3 nitrogen and oxygen atoms in total. The first-order valence-electron chi connectivity index (χ1n) is 5.27. The maximum Gasteiger partial charge on any atom is 0.147 e. The normalized spacial score (nSPS) is 25.9. The molecule has 0 amide bonds. The first kappa shape index (κ1) is 12.1. The second kappa shape index (κ2) is 4.90. The second-order valence-electron chi connectivity index (χ2n) is 4.12. The third kappa shape index (κ3) is 2.67. The average Bonchev–Trinajstić information content (AvgIpc) is 2.15. The topological polar surface area (TPSA) is 25.4 Å². The highest BCUT2D eigenvalue weighted by Gasteiger charge is 2.24. The molecule has 0 N–H and O–H groups in total. The molecule has 0 saturated carbocycles. The molecule has 1 aliphatic rings. The van der Waals surface area contributed by atoms with Crippen LogP contribution in [0.3, 0.4) is 0 Å². The van der Waals surface area contributed by atoms with Crippen molar-refractivity contribution < 1.29 is 4.74 Å². The van der Waals surface area contributed by atoms with Crippen LogP contribution in [0.25, 0.3) is 0 Å². The minimum Gasteiger partial charge on any atom is -0.372 e. The van der Waals surface area contributed by atoms with E-state index in [0.717, 1.165) is 23.4 Å². The fourth-order valence-electron chi connectivity index (χ4n) is 1.99. The van der Waals surface area contributed by atoms with Crippen LogP contribution in [0.5, 0.6) is 0 Å². The molecule has 1 fully saturated rings. The van der Waals surface area contributed by atoms with Gasteiger partial charge >= 0.3 is 0 Å². The summed E-state index contributed by atoms with van der Waals surface area (Å²) in [6.45, 7) is 5.79. The highest BCUT2D eigenvalue weighted by molar-refractivity contribution is 9.10. The quantitative estimate of drug-likeness (QED) is 0.797. The first-order chi connectivity index (χ1) is 7.56. The maximum absolute atomic E-state index is 6.18. The standard InChI is InChI=1S/C11H14BrClN2O/c1-7-5-15(6-8(2)16-7)11-10(13)3-9(12)4-14-11/h3-4,7-8H,5-6H2,1-2H3. The summed E-state index contributed by atoms with van der Waals surface area (Å²) in [7, 11) is 0. The lowest BCUT2D eigenvalue weighted by atomic mass is 10.2. The Morgan fingerprint density at radius 1 is 1.44 bits per heavy atom. The number of pyridine rings is 1. The van der Waals surface area contributed by atoms with Crippen molar-refractivity contribution in [2.75, 3.05) is 18.0 Å². The molecule has 0 aliphatic carbocycles. The number of ether oxygens (including phenoxy) is 1. The van der Waals surface area contributed by atoms with E-state index >= 15 is 0 Å². The van der Waals surface area contributed by atoms with Crippen molar-refractivity contribution in [3.63, 3.8) is 0 Å². The van der Waals surface area contributed by atoms with Crippen LogP contribution in [0.1, 0.15) is 13.8 Å². The third-order valence-corrected chi connectivity index (χ3v) is 3.22. The van der Waals surface area contributed by atoms with Gasteiger partial charge < -0.3 is 9.64 Å². The van der Waals surface area contributed by atoms with E-state index in [4.69, 9.17) is 16.3 Å². The Morgan fingerprint density at radius 2 is 2.06 bits per heavy atom. The summed E-state index contributed by atoms with van der Waals surface area (Å²) >= 11 is 9.54. The maximum atomic E-state index is 6.18. The van der Waals surface area contributed by atoms with Gasteiger partial charge in [-0.1, -0.05) is 11.6 Å². The second-order valence-corrected chi connectivity index (χ2v) is 5.44. The summed E-state index contributed by atoms with van der Waals surface area (Å²) in [5.74, 6) is 0.840. The Bertz CT molecular complexity index is 378. The zero-order chi connectivity index (χ0) is 11.7. The van der Waals surface area contributed by atoms with Crippen LogP contribution in [-0.2, 0) is 4.74 Å². The molecule has 0 aromatic carbocycles. The Morgan fingerprint density at radius 3 is 2.62 bits per heavy atom. The number of rotatable bonds is 1. The van der Waals surface area contributed by atoms with Gasteiger partial charge in [-0.3, -0.25) is 0 Å². The molecule has 2 atom stereocenters. The number of hydrogen-bond acceptors (Lipinski definition) is 3. The van der Waals surface area contributed by atoms with E-state index < -0.39 is 0 Å². The van der Waals surface area contributed by atoms with Crippen molar-refractivity contribution in [2.45, 2.75) is 26.1 Å². The lowest BCUT2D eigenvalue weighted by Crippen LogP contribution is -2.45. The molecule has 5 heteroatoms. The molecule has 0 spiro atoms. The van der Waals surface area contributed by atoms with Crippen LogP contribution in [-0.4, -0.2) is 30.3 Å². The SMILES string of the molecule is CC1CN(c2ncc(Br)cc2Cl)CC(C)O1. The fourth-order valence-corrected chi connectivity index (χ4v) is 2.74. The monoisotopic (exact) mass is 304 g/mol. The zero-order valence-electron chi connectivity index (χ0n) is 9.28. The Labute approximate surface area is 109 Å². The molecule has 1 saturated heterocycles. The van der Waals surface area contributed by atoms with Gasteiger partial charge in [0.15, 0.2) is 0 Å². The van der Waals surface area contributed by atoms with Gasteiger partial charge in [0.05, 0.1) is 17.2 Å². The smallest absolute Gasteiger partial charge is 0.147 e. The van der Waals surface area contributed by atoms with Crippen molar-refractivity contribution in [2.24, 2.45) is 0 Å². The summed E-state index contributed by atoms with van der Waals surface area (Å²) < 4.78 is 6.58. The predicted molar refractivity (Wildman–Crippen MR) is 69.2 cm³/mol. The fraction of sp³-hybridized carbons (Fsp3) is 0.545. The lowest BCUT2D eigenvalue weighted by molar-refractivity contribution is -0.00545. The molecule has 1 aromatic heterocycles. The number of halogens is 2. The molecule has 1 aliphatic heterocycles. The average molecular weight is 306 g/mol. The van der Waals surface area contributed by atoms with Gasteiger partial charge in [0.2, 0.25) is 0 Å². The summed E-state index contributed by atoms with van der Waals surface area (Å²) in [5, 5.41) is 0.677.